The Morgan fingerprint density at radius 1 is 1.09 bits per heavy atom. The van der Waals surface area contributed by atoms with E-state index in [4.69, 9.17) is 25.5 Å². The number of furan rings is 1. The highest BCUT2D eigenvalue weighted by Crippen LogP contribution is 2.26. The third-order valence-corrected chi connectivity index (χ3v) is 5.63. The summed E-state index contributed by atoms with van der Waals surface area (Å²) in [5, 5.41) is 0.180. The van der Waals surface area contributed by atoms with E-state index in [1.54, 1.807) is 24.1 Å². The van der Waals surface area contributed by atoms with Crippen LogP contribution in [0.15, 0.2) is 59.0 Å². The van der Waals surface area contributed by atoms with Gasteiger partial charge in [-0.25, -0.2) is 4.39 Å². The van der Waals surface area contributed by atoms with Crippen molar-refractivity contribution in [2.75, 3.05) is 33.3 Å². The highest BCUT2D eigenvalue weighted by molar-refractivity contribution is 6.32. The van der Waals surface area contributed by atoms with Crippen molar-refractivity contribution in [3.63, 3.8) is 0 Å². The molecule has 32 heavy (non-hydrogen) atoms. The topological polar surface area (TPSA) is 55.2 Å². The average Bonchev–Trinajstić information content (AvgIpc) is 3.28. The maximum atomic E-state index is 13.1. The van der Waals surface area contributed by atoms with Crippen LogP contribution in [0, 0.1) is 5.82 Å². The Morgan fingerprint density at radius 2 is 1.91 bits per heavy atom. The van der Waals surface area contributed by atoms with Crippen molar-refractivity contribution in [1.82, 2.24) is 9.80 Å². The summed E-state index contributed by atoms with van der Waals surface area (Å²) >= 11 is 5.96. The number of hydrogen-bond acceptors (Lipinski definition) is 5. The number of carbonyl (C=O) groups is 1. The second kappa shape index (κ2) is 10.1. The van der Waals surface area contributed by atoms with Gasteiger partial charge >= 0.3 is 0 Å². The number of rotatable bonds is 7. The molecular formula is C24H24ClFN2O4. The lowest BCUT2D eigenvalue weighted by molar-refractivity contribution is 0.0594. The molecule has 6 nitrogen and oxygen atoms in total. The lowest BCUT2D eigenvalue weighted by Crippen LogP contribution is -2.48. The molecule has 1 saturated heterocycles. The van der Waals surface area contributed by atoms with E-state index in [9.17, 15) is 9.18 Å². The Bertz CT molecular complexity index is 1080. The van der Waals surface area contributed by atoms with Crippen molar-refractivity contribution < 1.29 is 23.1 Å². The van der Waals surface area contributed by atoms with Gasteiger partial charge in [0.25, 0.3) is 5.91 Å². The van der Waals surface area contributed by atoms with E-state index >= 15 is 0 Å². The maximum Gasteiger partial charge on any atom is 0.289 e. The highest BCUT2D eigenvalue weighted by atomic mass is 35.5. The van der Waals surface area contributed by atoms with E-state index in [0.29, 0.717) is 24.6 Å². The summed E-state index contributed by atoms with van der Waals surface area (Å²) < 4.78 is 29.7. The van der Waals surface area contributed by atoms with E-state index in [1.807, 2.05) is 18.2 Å². The number of halogens is 2. The van der Waals surface area contributed by atoms with Gasteiger partial charge in [-0.2, -0.15) is 0 Å². The number of piperazine rings is 1. The molecule has 0 spiro atoms. The molecule has 0 aliphatic carbocycles. The molecule has 0 unspecified atom stereocenters. The first-order chi connectivity index (χ1) is 15.5. The predicted octanol–water partition coefficient (Wildman–Crippen LogP) is 4.62. The van der Waals surface area contributed by atoms with E-state index in [1.165, 1.54) is 23.8 Å². The van der Waals surface area contributed by atoms with Gasteiger partial charge < -0.3 is 18.8 Å². The van der Waals surface area contributed by atoms with Gasteiger partial charge in [-0.3, -0.25) is 9.69 Å². The number of benzene rings is 2. The van der Waals surface area contributed by atoms with Crippen LogP contribution in [0.2, 0.25) is 5.02 Å². The molecule has 8 heteroatoms. The van der Waals surface area contributed by atoms with E-state index in [2.05, 4.69) is 11.0 Å². The van der Waals surface area contributed by atoms with E-state index in [-0.39, 0.29) is 23.3 Å². The molecule has 0 radical (unpaired) electrons. The largest absolute Gasteiger partial charge is 0.497 e. The fourth-order valence-electron chi connectivity index (χ4n) is 3.61. The molecule has 4 rings (SSSR count). The number of nitrogens with zero attached hydrogens (tertiary/aromatic N) is 2. The second-order valence-electron chi connectivity index (χ2n) is 7.55. The zero-order chi connectivity index (χ0) is 22.5. The predicted molar refractivity (Wildman–Crippen MR) is 119 cm³/mol. The van der Waals surface area contributed by atoms with Gasteiger partial charge in [-0.15, -0.1) is 0 Å². The fraction of sp³-hybridized carbons (Fsp3) is 0.292. The Labute approximate surface area is 191 Å². The van der Waals surface area contributed by atoms with Crippen molar-refractivity contribution in [2.45, 2.75) is 13.2 Å². The summed E-state index contributed by atoms with van der Waals surface area (Å²) in [5.74, 6) is 1.38. The van der Waals surface area contributed by atoms with E-state index in [0.717, 1.165) is 25.4 Å². The van der Waals surface area contributed by atoms with Gasteiger partial charge in [0.05, 0.1) is 12.1 Å². The summed E-state index contributed by atoms with van der Waals surface area (Å²) in [6.45, 7) is 3.72. The standard InChI is InChI=1S/C24H24ClFN2O4/c1-30-19-4-2-3-17(13-19)15-27-9-11-28(12-10-27)24(29)23-8-6-20(32-23)16-31-22-7-5-18(26)14-21(22)25/h2-8,13-14H,9-12,15-16H2,1H3. The number of amides is 1. The molecule has 0 bridgehead atoms. The molecule has 0 N–H and O–H groups in total. The Morgan fingerprint density at radius 3 is 2.66 bits per heavy atom. The Hall–Kier alpha value is -3.03. The molecule has 1 aromatic heterocycles. The molecule has 3 aromatic rings. The minimum absolute atomic E-state index is 0.0902. The minimum Gasteiger partial charge on any atom is -0.497 e. The summed E-state index contributed by atoms with van der Waals surface area (Å²) in [5.41, 5.74) is 1.18. The Balaban J connectivity index is 1.28. The van der Waals surface area contributed by atoms with Crippen molar-refractivity contribution in [3.05, 3.63) is 82.5 Å². The molecule has 1 amide bonds. The third-order valence-electron chi connectivity index (χ3n) is 5.34. The molecule has 1 aliphatic heterocycles. The number of methoxy groups -OCH3 is 1. The van der Waals surface area contributed by atoms with Gasteiger partial charge in [-0.05, 0) is 48.0 Å². The monoisotopic (exact) mass is 458 g/mol. The van der Waals surface area contributed by atoms with Gasteiger partial charge in [0.2, 0.25) is 0 Å². The minimum atomic E-state index is -0.433. The van der Waals surface area contributed by atoms with Gasteiger partial charge in [0, 0.05) is 32.7 Å². The first-order valence-corrected chi connectivity index (χ1v) is 10.7. The Kier molecular flexibility index (Phi) is 6.97. The third kappa shape index (κ3) is 5.41. The van der Waals surface area contributed by atoms with Crippen LogP contribution >= 0.6 is 11.6 Å². The normalized spacial score (nSPS) is 14.4. The lowest BCUT2D eigenvalue weighted by atomic mass is 10.2. The maximum absolute atomic E-state index is 13.1. The molecular weight excluding hydrogens is 435 g/mol. The zero-order valence-corrected chi connectivity index (χ0v) is 18.5. The highest BCUT2D eigenvalue weighted by Gasteiger charge is 2.24. The van der Waals surface area contributed by atoms with Crippen LogP contribution in [0.1, 0.15) is 21.9 Å². The molecule has 168 valence electrons. The van der Waals surface area contributed by atoms with Crippen LogP contribution in [-0.4, -0.2) is 49.0 Å². The van der Waals surface area contributed by atoms with Crippen molar-refractivity contribution >= 4 is 17.5 Å². The fourth-order valence-corrected chi connectivity index (χ4v) is 3.83. The quantitative estimate of drug-likeness (QED) is 0.517. The summed E-state index contributed by atoms with van der Waals surface area (Å²) in [6, 6.07) is 15.3. The SMILES string of the molecule is COc1cccc(CN2CCN(C(=O)c3ccc(COc4ccc(F)cc4Cl)o3)CC2)c1. The molecule has 2 heterocycles. The molecule has 0 saturated carbocycles. The molecule has 0 atom stereocenters. The van der Waals surface area contributed by atoms with Crippen molar-refractivity contribution in [3.8, 4) is 11.5 Å². The second-order valence-corrected chi connectivity index (χ2v) is 7.96. The number of hydrogen-bond donors (Lipinski definition) is 0. The summed E-state index contributed by atoms with van der Waals surface area (Å²) in [7, 11) is 1.66. The molecule has 1 fully saturated rings. The van der Waals surface area contributed by atoms with Crippen LogP contribution in [0.4, 0.5) is 4.39 Å². The smallest absolute Gasteiger partial charge is 0.289 e. The molecule has 2 aromatic carbocycles. The first-order valence-electron chi connectivity index (χ1n) is 10.3. The van der Waals surface area contributed by atoms with Crippen molar-refractivity contribution in [1.29, 1.82) is 0 Å². The van der Waals surface area contributed by atoms with Crippen LogP contribution in [0.5, 0.6) is 11.5 Å². The van der Waals surface area contributed by atoms with Crippen LogP contribution in [0.3, 0.4) is 0 Å². The summed E-state index contributed by atoms with van der Waals surface area (Å²) in [6.07, 6.45) is 0. The van der Waals surface area contributed by atoms with Gasteiger partial charge in [-0.1, -0.05) is 23.7 Å². The van der Waals surface area contributed by atoms with Crippen molar-refractivity contribution in [2.24, 2.45) is 0 Å². The number of carbonyl (C=O) groups excluding carboxylic acids is 1. The summed E-state index contributed by atoms with van der Waals surface area (Å²) in [4.78, 5) is 16.9. The van der Waals surface area contributed by atoms with Gasteiger partial charge in [0.15, 0.2) is 5.76 Å². The zero-order valence-electron chi connectivity index (χ0n) is 17.7. The average molecular weight is 459 g/mol. The number of ether oxygens (including phenoxy) is 2. The van der Waals surface area contributed by atoms with Crippen LogP contribution < -0.4 is 9.47 Å². The lowest BCUT2D eigenvalue weighted by Gasteiger charge is -2.34. The van der Waals surface area contributed by atoms with Crippen LogP contribution in [-0.2, 0) is 13.2 Å². The first kappa shape index (κ1) is 22.2. The van der Waals surface area contributed by atoms with Gasteiger partial charge in [0.1, 0.15) is 29.7 Å². The van der Waals surface area contributed by atoms with E-state index < -0.39 is 5.82 Å². The molecule has 1 aliphatic rings. The van der Waals surface area contributed by atoms with Crippen LogP contribution in [0.25, 0.3) is 0 Å².